The van der Waals surface area contributed by atoms with Gasteiger partial charge in [-0.05, 0) is 37.8 Å². The van der Waals surface area contributed by atoms with Crippen LogP contribution in [-0.2, 0) is 14.5 Å². The number of pyridine rings is 1. The molecule has 0 saturated carbocycles. The quantitative estimate of drug-likeness (QED) is 0.498. The number of benzene rings is 1. The molecule has 9 heteroatoms. The summed E-state index contributed by atoms with van der Waals surface area (Å²) < 4.78 is 15.3. The van der Waals surface area contributed by atoms with Crippen molar-refractivity contribution >= 4 is 51.6 Å². The molecule has 0 unspecified atom stereocenters. The third kappa shape index (κ3) is 6.83. The van der Waals surface area contributed by atoms with Gasteiger partial charge in [0.25, 0.3) is 0 Å². The van der Waals surface area contributed by atoms with Crippen LogP contribution in [0.2, 0.25) is 10.0 Å². The molecule has 2 aliphatic rings. The number of aromatic nitrogens is 1. The van der Waals surface area contributed by atoms with Crippen LogP contribution in [0.25, 0.3) is 10.9 Å². The number of methoxy groups -OCH3 is 1. The Morgan fingerprint density at radius 2 is 1.66 bits per heavy atom. The predicted molar refractivity (Wildman–Crippen MR) is 130 cm³/mol. The molecule has 0 bridgehead atoms. The summed E-state index contributed by atoms with van der Waals surface area (Å²) in [5.74, 6) is 0.142. The first-order valence-corrected chi connectivity index (χ1v) is 11.9. The first-order chi connectivity index (χ1) is 15.5. The van der Waals surface area contributed by atoms with Gasteiger partial charge >= 0.3 is 5.97 Å². The SMILES string of the molecule is CC.COCCC(=O)OF.Clc1ccc2c(N3CCCC3)cc(N3CCCC3)nc2c1Cl. The van der Waals surface area contributed by atoms with Crippen LogP contribution in [0, 0.1) is 0 Å². The van der Waals surface area contributed by atoms with Crippen molar-refractivity contribution in [2.45, 2.75) is 46.0 Å². The van der Waals surface area contributed by atoms with Crippen LogP contribution in [0.1, 0.15) is 46.0 Å². The van der Waals surface area contributed by atoms with E-state index < -0.39 is 5.97 Å². The molecule has 0 spiro atoms. The summed E-state index contributed by atoms with van der Waals surface area (Å²) in [5, 5.41) is 2.26. The zero-order chi connectivity index (χ0) is 23.5. The first kappa shape index (κ1) is 26.4. The number of ether oxygens (including phenoxy) is 1. The molecule has 2 saturated heterocycles. The van der Waals surface area contributed by atoms with Crippen LogP contribution in [0.3, 0.4) is 0 Å². The second kappa shape index (κ2) is 13.7. The lowest BCUT2D eigenvalue weighted by molar-refractivity contribution is -0.184. The van der Waals surface area contributed by atoms with Crippen LogP contribution in [-0.4, -0.2) is 50.8 Å². The van der Waals surface area contributed by atoms with Crippen molar-refractivity contribution in [1.82, 2.24) is 4.98 Å². The van der Waals surface area contributed by atoms with Crippen molar-refractivity contribution in [1.29, 1.82) is 0 Å². The van der Waals surface area contributed by atoms with E-state index in [0.717, 1.165) is 42.9 Å². The van der Waals surface area contributed by atoms with Crippen molar-refractivity contribution in [2.24, 2.45) is 0 Å². The molecule has 2 aliphatic heterocycles. The van der Waals surface area contributed by atoms with Gasteiger partial charge in [-0.15, -0.1) is 0 Å². The van der Waals surface area contributed by atoms with Gasteiger partial charge in [0.15, 0.2) is 0 Å². The lowest BCUT2D eigenvalue weighted by Gasteiger charge is -2.24. The Kier molecular flexibility index (Phi) is 11.3. The number of carbonyl (C=O) groups excluding carboxylic acids is 1. The first-order valence-electron chi connectivity index (χ1n) is 11.1. The van der Waals surface area contributed by atoms with Crippen LogP contribution in [0.4, 0.5) is 16.0 Å². The van der Waals surface area contributed by atoms with E-state index in [2.05, 4.69) is 31.6 Å². The summed E-state index contributed by atoms with van der Waals surface area (Å²) in [6.07, 6.45) is 4.95. The van der Waals surface area contributed by atoms with E-state index in [-0.39, 0.29) is 13.0 Å². The van der Waals surface area contributed by atoms with Crippen LogP contribution in [0.5, 0.6) is 0 Å². The molecule has 1 aromatic heterocycles. The maximum atomic E-state index is 10.8. The molecule has 0 N–H and O–H groups in total. The summed E-state index contributed by atoms with van der Waals surface area (Å²) in [5.41, 5.74) is 2.09. The van der Waals surface area contributed by atoms with Gasteiger partial charge in [-0.1, -0.05) is 37.0 Å². The van der Waals surface area contributed by atoms with Gasteiger partial charge in [0.1, 0.15) is 5.82 Å². The molecule has 1 aromatic carbocycles. The van der Waals surface area contributed by atoms with Gasteiger partial charge in [-0.25, -0.2) is 9.78 Å². The molecule has 0 atom stereocenters. The lowest BCUT2D eigenvalue weighted by Crippen LogP contribution is -2.22. The molecule has 2 aromatic rings. The number of hydrogen-bond donors (Lipinski definition) is 0. The Bertz CT molecular complexity index is 873. The van der Waals surface area contributed by atoms with Crippen LogP contribution in [0.15, 0.2) is 18.2 Å². The fraction of sp³-hybridized carbons (Fsp3) is 0.565. The number of carbonyl (C=O) groups is 1. The van der Waals surface area contributed by atoms with E-state index in [1.165, 1.54) is 38.5 Å². The van der Waals surface area contributed by atoms with Crippen LogP contribution >= 0.6 is 23.2 Å². The molecule has 3 heterocycles. The van der Waals surface area contributed by atoms with E-state index in [4.69, 9.17) is 28.2 Å². The molecule has 32 heavy (non-hydrogen) atoms. The fourth-order valence-corrected chi connectivity index (χ4v) is 4.11. The molecular formula is C23H32Cl2FN3O3. The minimum Gasteiger partial charge on any atom is -0.384 e. The van der Waals surface area contributed by atoms with Gasteiger partial charge in [-0.3, -0.25) is 4.94 Å². The fourth-order valence-electron chi connectivity index (χ4n) is 3.75. The summed E-state index contributed by atoms with van der Waals surface area (Å²) in [4.78, 5) is 22.4. The number of nitrogens with zero attached hydrogens (tertiary/aromatic N) is 3. The third-order valence-corrected chi connectivity index (χ3v) is 6.10. The van der Waals surface area contributed by atoms with Gasteiger partial charge in [-0.2, -0.15) is 0 Å². The largest absolute Gasteiger partial charge is 0.384 e. The molecule has 2 fully saturated rings. The Morgan fingerprint density at radius 1 is 1.06 bits per heavy atom. The second-order valence-electron chi connectivity index (χ2n) is 7.34. The maximum absolute atomic E-state index is 10.8. The number of rotatable bonds is 5. The van der Waals surface area contributed by atoms with Gasteiger partial charge < -0.3 is 14.5 Å². The van der Waals surface area contributed by atoms with Crippen molar-refractivity contribution in [3.05, 3.63) is 28.2 Å². The molecule has 6 nitrogen and oxygen atoms in total. The van der Waals surface area contributed by atoms with Crippen molar-refractivity contribution in [3.8, 4) is 0 Å². The topological polar surface area (TPSA) is 54.9 Å². The Balaban J connectivity index is 0.000000311. The molecule has 0 aliphatic carbocycles. The molecule has 178 valence electrons. The molecule has 0 amide bonds. The monoisotopic (exact) mass is 487 g/mol. The Hall–Kier alpha value is -1.83. The predicted octanol–water partition coefficient (Wildman–Crippen LogP) is 6.22. The zero-order valence-electron chi connectivity index (χ0n) is 19.0. The summed E-state index contributed by atoms with van der Waals surface area (Å²) >= 11 is 12.7. The van der Waals surface area contributed by atoms with E-state index in [0.29, 0.717) is 10.0 Å². The van der Waals surface area contributed by atoms with E-state index in [1.54, 1.807) is 0 Å². The highest BCUT2D eigenvalue weighted by Gasteiger charge is 2.21. The highest BCUT2D eigenvalue weighted by atomic mass is 35.5. The third-order valence-electron chi connectivity index (χ3n) is 5.31. The highest BCUT2D eigenvalue weighted by Crippen LogP contribution is 2.38. The number of hydrogen-bond acceptors (Lipinski definition) is 6. The van der Waals surface area contributed by atoms with Gasteiger partial charge in [0.05, 0.1) is 28.6 Å². The minimum atomic E-state index is -0.896. The Labute approximate surface area is 199 Å². The molecular weight excluding hydrogens is 456 g/mol. The van der Waals surface area contributed by atoms with E-state index >= 15 is 0 Å². The van der Waals surface area contributed by atoms with Gasteiger partial charge in [0.2, 0.25) is 0 Å². The number of fused-ring (bicyclic) bond motifs is 1. The number of halogens is 3. The highest BCUT2D eigenvalue weighted by molar-refractivity contribution is 6.45. The zero-order valence-corrected chi connectivity index (χ0v) is 20.5. The Morgan fingerprint density at radius 3 is 2.22 bits per heavy atom. The van der Waals surface area contributed by atoms with Crippen LogP contribution < -0.4 is 9.80 Å². The van der Waals surface area contributed by atoms with E-state index in [9.17, 15) is 9.32 Å². The van der Waals surface area contributed by atoms with Gasteiger partial charge in [0, 0.05) is 55.0 Å². The molecule has 0 radical (unpaired) electrons. The normalized spacial score (nSPS) is 15.2. The summed E-state index contributed by atoms with van der Waals surface area (Å²) in [7, 11) is 1.42. The lowest BCUT2D eigenvalue weighted by atomic mass is 10.1. The summed E-state index contributed by atoms with van der Waals surface area (Å²) in [6, 6.07) is 6.17. The van der Waals surface area contributed by atoms with E-state index in [1.807, 2.05) is 19.9 Å². The maximum Gasteiger partial charge on any atom is 0.351 e. The summed E-state index contributed by atoms with van der Waals surface area (Å²) in [6.45, 7) is 8.58. The van der Waals surface area contributed by atoms with Crippen molar-refractivity contribution in [3.63, 3.8) is 0 Å². The average Bonchev–Trinajstić information content (AvgIpc) is 3.56. The smallest absolute Gasteiger partial charge is 0.351 e. The average molecular weight is 488 g/mol. The van der Waals surface area contributed by atoms with Crippen molar-refractivity contribution < 1.29 is 19.0 Å². The minimum absolute atomic E-state index is 0.0347. The standard InChI is InChI=1S/C17H19Cl2N3.C4H7FO3.C2H6/c18-13-6-5-12-14(21-7-1-2-8-21)11-15(20-17(12)16(13)19)22-9-3-4-10-22;1-7-3-2-4(6)8-5;1-2/h5-6,11H,1-4,7-10H2;2-3H2,1H3;1-2H3. The van der Waals surface area contributed by atoms with Crippen molar-refractivity contribution in [2.75, 3.05) is 49.7 Å². The molecule has 4 rings (SSSR count). The second-order valence-corrected chi connectivity index (χ2v) is 8.12. The number of anilines is 2.